The Morgan fingerprint density at radius 3 is 1.25 bits per heavy atom. The van der Waals surface area contributed by atoms with E-state index < -0.39 is 23.8 Å². The van der Waals surface area contributed by atoms with Crippen LogP contribution < -0.4 is 0 Å². The molecule has 0 radical (unpaired) electrons. The average Bonchev–Trinajstić information content (AvgIpc) is 3.46. The molecule has 36 heavy (non-hydrogen) atoms. The number of aliphatic hydroxyl groups is 2. The molecule has 2 fully saturated rings. The molecule has 2 aromatic rings. The Hall–Kier alpha value is -2.70. The Bertz CT molecular complexity index is 902. The number of carbonyl (C=O) groups is 2. The molecule has 2 aliphatic rings. The molecule has 2 aliphatic carbocycles. The molecule has 0 aromatic heterocycles. The summed E-state index contributed by atoms with van der Waals surface area (Å²) in [5.74, 6) is -1.78. The maximum absolute atomic E-state index is 10.9. The third-order valence-electron chi connectivity index (χ3n) is 7.93. The number of aliphatic carboxylic acids is 2. The van der Waals surface area contributed by atoms with Crippen LogP contribution in [0.25, 0.3) is 0 Å². The van der Waals surface area contributed by atoms with Crippen molar-refractivity contribution in [3.63, 3.8) is 0 Å². The van der Waals surface area contributed by atoms with Gasteiger partial charge in [0.2, 0.25) is 0 Å². The van der Waals surface area contributed by atoms with E-state index in [2.05, 4.69) is 0 Å². The molecule has 6 atom stereocenters. The van der Waals surface area contributed by atoms with E-state index in [-0.39, 0.29) is 12.2 Å². The van der Waals surface area contributed by atoms with Crippen LogP contribution in [0.4, 0.5) is 0 Å². The Morgan fingerprint density at radius 1 is 0.667 bits per heavy atom. The number of hydrogen-bond donors (Lipinski definition) is 4. The second-order valence-corrected chi connectivity index (χ2v) is 10.5. The van der Waals surface area contributed by atoms with Crippen LogP contribution in [0.2, 0.25) is 0 Å². The van der Waals surface area contributed by atoms with Crippen molar-refractivity contribution < 1.29 is 30.0 Å². The highest BCUT2D eigenvalue weighted by Gasteiger charge is 2.26. The van der Waals surface area contributed by atoms with Crippen LogP contribution in [0.5, 0.6) is 0 Å². The van der Waals surface area contributed by atoms with Crippen molar-refractivity contribution in [2.45, 2.75) is 89.3 Å². The first-order chi connectivity index (χ1) is 17.2. The zero-order chi connectivity index (χ0) is 26.2. The van der Waals surface area contributed by atoms with Gasteiger partial charge in [-0.2, -0.15) is 0 Å². The van der Waals surface area contributed by atoms with Crippen molar-refractivity contribution in [1.29, 1.82) is 0 Å². The van der Waals surface area contributed by atoms with Crippen LogP contribution in [-0.4, -0.2) is 44.6 Å². The molecule has 2 unspecified atom stereocenters. The molecule has 0 amide bonds. The van der Waals surface area contributed by atoms with Crippen LogP contribution in [0.3, 0.4) is 0 Å². The molecule has 0 bridgehead atoms. The first-order valence-corrected chi connectivity index (χ1v) is 13.1. The Labute approximate surface area is 214 Å². The lowest BCUT2D eigenvalue weighted by molar-refractivity contribution is -0.139. The summed E-state index contributed by atoms with van der Waals surface area (Å²) in [6.45, 7) is 3.39. The van der Waals surface area contributed by atoms with Gasteiger partial charge in [0.15, 0.2) is 0 Å². The SMILES string of the molecule is CC(C(=O)O)c1ccc(C[C@@H]2CCC[C@@H]2O)cc1.CC(C(=O)O)c1ccc(C[C@H]2CCC[C@H]2O)cc1. The number of rotatable bonds is 8. The van der Waals surface area contributed by atoms with E-state index in [1.807, 2.05) is 48.5 Å². The van der Waals surface area contributed by atoms with Crippen molar-refractivity contribution in [3.05, 3.63) is 70.8 Å². The smallest absolute Gasteiger partial charge is 0.310 e. The quantitative estimate of drug-likeness (QED) is 0.401. The normalized spacial score (nSPS) is 25.0. The van der Waals surface area contributed by atoms with E-state index in [1.165, 1.54) is 11.1 Å². The minimum absolute atomic E-state index is 0.164. The summed E-state index contributed by atoms with van der Waals surface area (Å²) in [6, 6.07) is 15.5. The van der Waals surface area contributed by atoms with Crippen molar-refractivity contribution >= 4 is 11.9 Å². The van der Waals surface area contributed by atoms with E-state index in [1.54, 1.807) is 13.8 Å². The zero-order valence-electron chi connectivity index (χ0n) is 21.3. The minimum atomic E-state index is -0.797. The molecule has 6 heteroatoms. The van der Waals surface area contributed by atoms with Crippen LogP contribution in [-0.2, 0) is 22.4 Å². The highest BCUT2D eigenvalue weighted by molar-refractivity contribution is 5.75. The molecule has 2 saturated carbocycles. The second kappa shape index (κ2) is 13.0. The molecule has 4 rings (SSSR count). The van der Waals surface area contributed by atoms with Gasteiger partial charge in [-0.3, -0.25) is 9.59 Å². The van der Waals surface area contributed by atoms with Crippen molar-refractivity contribution in [2.75, 3.05) is 0 Å². The highest BCUT2D eigenvalue weighted by atomic mass is 16.4. The molecular weight excluding hydrogens is 456 g/mol. The Morgan fingerprint density at radius 2 is 1.00 bits per heavy atom. The van der Waals surface area contributed by atoms with Crippen molar-refractivity contribution in [1.82, 2.24) is 0 Å². The van der Waals surface area contributed by atoms with Gasteiger partial charge in [0.05, 0.1) is 24.0 Å². The van der Waals surface area contributed by atoms with Crippen LogP contribution in [0.1, 0.15) is 86.5 Å². The van der Waals surface area contributed by atoms with Gasteiger partial charge in [0.1, 0.15) is 0 Å². The largest absolute Gasteiger partial charge is 0.481 e. The van der Waals surface area contributed by atoms with E-state index in [0.717, 1.165) is 62.5 Å². The van der Waals surface area contributed by atoms with Crippen LogP contribution >= 0.6 is 0 Å². The Balaban J connectivity index is 0.000000201. The molecular formula is C30H40O6. The van der Waals surface area contributed by atoms with Gasteiger partial charge in [-0.1, -0.05) is 61.4 Å². The fourth-order valence-electron chi connectivity index (χ4n) is 5.29. The summed E-state index contributed by atoms with van der Waals surface area (Å²) < 4.78 is 0. The average molecular weight is 497 g/mol. The molecule has 0 aliphatic heterocycles. The third-order valence-corrected chi connectivity index (χ3v) is 7.93. The lowest BCUT2D eigenvalue weighted by Crippen LogP contribution is -2.15. The van der Waals surface area contributed by atoms with E-state index in [4.69, 9.17) is 10.2 Å². The van der Waals surface area contributed by atoms with Gasteiger partial charge < -0.3 is 20.4 Å². The predicted octanol–water partition coefficient (Wildman–Crippen LogP) is 5.16. The Kier molecular flexibility index (Phi) is 10.1. The molecule has 0 heterocycles. The third kappa shape index (κ3) is 7.65. The fraction of sp³-hybridized carbons (Fsp3) is 0.533. The summed E-state index contributed by atoms with van der Waals surface area (Å²) in [5.41, 5.74) is 4.03. The topological polar surface area (TPSA) is 115 Å². The molecule has 0 saturated heterocycles. The van der Waals surface area contributed by atoms with E-state index >= 15 is 0 Å². The van der Waals surface area contributed by atoms with Gasteiger partial charge in [0.25, 0.3) is 0 Å². The molecule has 4 N–H and O–H groups in total. The lowest BCUT2D eigenvalue weighted by atomic mass is 9.94. The standard InChI is InChI=1S/2C15H20O3/c2*1-10(15(17)18)12-7-5-11(6-8-12)9-13-3-2-4-14(13)16/h2*5-8,10,13-14,16H,2-4,9H2,1H3,(H,17,18)/t2*10?,13-,14-/m10/s1. The zero-order valence-corrected chi connectivity index (χ0v) is 21.3. The molecule has 0 spiro atoms. The van der Waals surface area contributed by atoms with Crippen LogP contribution in [0, 0.1) is 11.8 Å². The highest BCUT2D eigenvalue weighted by Crippen LogP contribution is 2.30. The monoisotopic (exact) mass is 496 g/mol. The van der Waals surface area contributed by atoms with Crippen molar-refractivity contribution in [2.24, 2.45) is 11.8 Å². The fourth-order valence-corrected chi connectivity index (χ4v) is 5.29. The lowest BCUT2D eigenvalue weighted by Gasteiger charge is -2.15. The number of benzene rings is 2. The molecule has 6 nitrogen and oxygen atoms in total. The molecule has 2 aromatic carbocycles. The predicted molar refractivity (Wildman–Crippen MR) is 139 cm³/mol. The van der Waals surface area contributed by atoms with Gasteiger partial charge in [-0.15, -0.1) is 0 Å². The maximum atomic E-state index is 10.9. The van der Waals surface area contributed by atoms with E-state index in [0.29, 0.717) is 11.8 Å². The summed E-state index contributed by atoms with van der Waals surface area (Å²) in [5, 5.41) is 37.4. The van der Waals surface area contributed by atoms with Crippen LogP contribution in [0.15, 0.2) is 48.5 Å². The molecule has 196 valence electrons. The van der Waals surface area contributed by atoms with Gasteiger partial charge >= 0.3 is 11.9 Å². The summed E-state index contributed by atoms with van der Waals surface area (Å²) in [7, 11) is 0. The van der Waals surface area contributed by atoms with Gasteiger partial charge in [-0.05, 0) is 86.5 Å². The summed E-state index contributed by atoms with van der Waals surface area (Å²) in [4.78, 5) is 21.7. The maximum Gasteiger partial charge on any atom is 0.310 e. The first-order valence-electron chi connectivity index (χ1n) is 13.1. The number of hydrogen-bond acceptors (Lipinski definition) is 4. The summed E-state index contributed by atoms with van der Waals surface area (Å²) in [6.07, 6.45) is 7.69. The summed E-state index contributed by atoms with van der Waals surface area (Å²) >= 11 is 0. The van der Waals surface area contributed by atoms with E-state index in [9.17, 15) is 19.8 Å². The van der Waals surface area contributed by atoms with Crippen molar-refractivity contribution in [3.8, 4) is 0 Å². The second-order valence-electron chi connectivity index (χ2n) is 10.5. The number of carboxylic acid groups (broad SMARTS) is 2. The number of carboxylic acids is 2. The van der Waals surface area contributed by atoms with Gasteiger partial charge in [-0.25, -0.2) is 0 Å². The number of aliphatic hydroxyl groups excluding tert-OH is 2. The first kappa shape index (κ1) is 27.9. The van der Waals surface area contributed by atoms with Gasteiger partial charge in [0, 0.05) is 0 Å². The minimum Gasteiger partial charge on any atom is -0.481 e.